The summed E-state index contributed by atoms with van der Waals surface area (Å²) >= 11 is 0. The SMILES string of the molecule is CC(O)(CNCc1cccc([N+](=O)[O-])c1)CN1CCOCC1. The summed E-state index contributed by atoms with van der Waals surface area (Å²) in [6.07, 6.45) is 0. The number of non-ortho nitro benzene ring substituents is 1. The van der Waals surface area contributed by atoms with E-state index in [1.165, 1.54) is 6.07 Å². The molecule has 1 fully saturated rings. The molecule has 2 rings (SSSR count). The predicted molar refractivity (Wildman–Crippen MR) is 82.7 cm³/mol. The van der Waals surface area contributed by atoms with Crippen molar-refractivity contribution in [3.8, 4) is 0 Å². The fourth-order valence-electron chi connectivity index (χ4n) is 2.55. The zero-order valence-corrected chi connectivity index (χ0v) is 12.8. The molecule has 1 atom stereocenters. The molecule has 1 unspecified atom stereocenters. The van der Waals surface area contributed by atoms with Crippen molar-refractivity contribution in [1.82, 2.24) is 10.2 Å². The van der Waals surface area contributed by atoms with Crippen LogP contribution in [-0.4, -0.2) is 59.9 Å². The van der Waals surface area contributed by atoms with Gasteiger partial charge in [0.25, 0.3) is 5.69 Å². The fourth-order valence-corrected chi connectivity index (χ4v) is 2.55. The van der Waals surface area contributed by atoms with Crippen molar-refractivity contribution in [2.75, 3.05) is 39.4 Å². The number of ether oxygens (including phenoxy) is 1. The van der Waals surface area contributed by atoms with Crippen LogP contribution in [0, 0.1) is 10.1 Å². The Labute approximate surface area is 130 Å². The molecule has 2 N–H and O–H groups in total. The third kappa shape index (κ3) is 5.34. The van der Waals surface area contributed by atoms with Gasteiger partial charge in [-0.3, -0.25) is 15.0 Å². The number of rotatable bonds is 7. The molecule has 1 aliphatic heterocycles. The monoisotopic (exact) mass is 309 g/mol. The number of nitrogens with zero attached hydrogens (tertiary/aromatic N) is 2. The summed E-state index contributed by atoms with van der Waals surface area (Å²) in [4.78, 5) is 12.5. The highest BCUT2D eigenvalue weighted by Crippen LogP contribution is 2.13. The van der Waals surface area contributed by atoms with Gasteiger partial charge >= 0.3 is 0 Å². The lowest BCUT2D eigenvalue weighted by Gasteiger charge is -2.34. The van der Waals surface area contributed by atoms with Crippen molar-refractivity contribution in [2.45, 2.75) is 19.1 Å². The smallest absolute Gasteiger partial charge is 0.269 e. The molecule has 0 saturated carbocycles. The van der Waals surface area contributed by atoms with E-state index in [9.17, 15) is 15.2 Å². The van der Waals surface area contributed by atoms with Gasteiger partial charge in [0.2, 0.25) is 0 Å². The van der Waals surface area contributed by atoms with Gasteiger partial charge in [0.1, 0.15) is 0 Å². The molecule has 0 amide bonds. The largest absolute Gasteiger partial charge is 0.388 e. The predicted octanol–water partition coefficient (Wildman–Crippen LogP) is 0.768. The van der Waals surface area contributed by atoms with Crippen molar-refractivity contribution in [1.29, 1.82) is 0 Å². The van der Waals surface area contributed by atoms with Crippen LogP contribution in [0.25, 0.3) is 0 Å². The van der Waals surface area contributed by atoms with Crippen LogP contribution < -0.4 is 5.32 Å². The molecular formula is C15H23N3O4. The van der Waals surface area contributed by atoms with Crippen molar-refractivity contribution in [3.63, 3.8) is 0 Å². The van der Waals surface area contributed by atoms with Crippen LogP contribution in [0.1, 0.15) is 12.5 Å². The Morgan fingerprint density at radius 2 is 2.18 bits per heavy atom. The van der Waals surface area contributed by atoms with Crippen LogP contribution in [0.2, 0.25) is 0 Å². The molecule has 0 aromatic heterocycles. The lowest BCUT2D eigenvalue weighted by Crippen LogP contribution is -2.50. The fraction of sp³-hybridized carbons (Fsp3) is 0.600. The number of nitro groups is 1. The van der Waals surface area contributed by atoms with Gasteiger partial charge in [-0.1, -0.05) is 12.1 Å². The van der Waals surface area contributed by atoms with Gasteiger partial charge in [0.05, 0.1) is 23.7 Å². The van der Waals surface area contributed by atoms with Crippen LogP contribution in [0.4, 0.5) is 5.69 Å². The lowest BCUT2D eigenvalue weighted by molar-refractivity contribution is -0.384. The second kappa shape index (κ2) is 7.64. The molecule has 1 saturated heterocycles. The summed E-state index contributed by atoms with van der Waals surface area (Å²) in [5.74, 6) is 0. The van der Waals surface area contributed by atoms with Crippen LogP contribution in [0.5, 0.6) is 0 Å². The van der Waals surface area contributed by atoms with E-state index in [1.54, 1.807) is 19.1 Å². The Bertz CT molecular complexity index is 501. The third-order valence-corrected chi connectivity index (χ3v) is 3.62. The molecule has 0 spiro atoms. The molecular weight excluding hydrogens is 286 g/mol. The van der Waals surface area contributed by atoms with E-state index >= 15 is 0 Å². The maximum Gasteiger partial charge on any atom is 0.269 e. The summed E-state index contributed by atoms with van der Waals surface area (Å²) in [7, 11) is 0. The molecule has 0 radical (unpaired) electrons. The topological polar surface area (TPSA) is 87.9 Å². The van der Waals surface area contributed by atoms with Crippen molar-refractivity contribution in [2.24, 2.45) is 0 Å². The highest BCUT2D eigenvalue weighted by Gasteiger charge is 2.24. The standard InChI is InChI=1S/C15H23N3O4/c1-15(19,12-17-5-7-22-8-6-17)11-16-10-13-3-2-4-14(9-13)18(20)21/h2-4,9,16,19H,5-8,10-12H2,1H3. The van der Waals surface area contributed by atoms with E-state index in [0.717, 1.165) is 18.7 Å². The van der Waals surface area contributed by atoms with Gasteiger partial charge < -0.3 is 15.2 Å². The molecule has 1 heterocycles. The second-order valence-corrected chi connectivity index (χ2v) is 5.92. The zero-order valence-electron chi connectivity index (χ0n) is 12.8. The molecule has 1 aromatic rings. The van der Waals surface area contributed by atoms with E-state index in [4.69, 9.17) is 4.74 Å². The number of nitro benzene ring substituents is 1. The number of hydrogen-bond donors (Lipinski definition) is 2. The summed E-state index contributed by atoms with van der Waals surface area (Å²) in [5.41, 5.74) is 0.0636. The first-order chi connectivity index (χ1) is 10.5. The summed E-state index contributed by atoms with van der Waals surface area (Å²) in [6.45, 7) is 6.37. The van der Waals surface area contributed by atoms with Crippen LogP contribution >= 0.6 is 0 Å². The maximum absolute atomic E-state index is 10.7. The number of benzene rings is 1. The van der Waals surface area contributed by atoms with Crippen molar-refractivity contribution >= 4 is 5.69 Å². The summed E-state index contributed by atoms with van der Waals surface area (Å²) < 4.78 is 5.29. The molecule has 22 heavy (non-hydrogen) atoms. The average molecular weight is 309 g/mol. The first-order valence-corrected chi connectivity index (χ1v) is 7.43. The Morgan fingerprint density at radius 3 is 2.86 bits per heavy atom. The Hall–Kier alpha value is -1.54. The van der Waals surface area contributed by atoms with Gasteiger partial charge in [-0.05, 0) is 12.5 Å². The normalized spacial score (nSPS) is 18.8. The minimum atomic E-state index is -0.849. The van der Waals surface area contributed by atoms with E-state index in [2.05, 4.69) is 10.2 Å². The Morgan fingerprint density at radius 1 is 1.45 bits per heavy atom. The number of hydrogen-bond acceptors (Lipinski definition) is 6. The number of β-amino-alcohol motifs (C(OH)–C–C–N with tert-alkyl or cyclic N) is 1. The average Bonchev–Trinajstić information content (AvgIpc) is 2.48. The highest BCUT2D eigenvalue weighted by molar-refractivity contribution is 5.34. The first kappa shape index (κ1) is 16.8. The van der Waals surface area contributed by atoms with Gasteiger partial charge in [0.15, 0.2) is 0 Å². The van der Waals surface area contributed by atoms with Gasteiger partial charge in [0, 0.05) is 44.9 Å². The molecule has 7 heteroatoms. The first-order valence-electron chi connectivity index (χ1n) is 7.43. The molecule has 1 aliphatic rings. The van der Waals surface area contributed by atoms with Crippen LogP contribution in [-0.2, 0) is 11.3 Å². The van der Waals surface area contributed by atoms with Crippen molar-refractivity contribution < 1.29 is 14.8 Å². The van der Waals surface area contributed by atoms with E-state index in [1.807, 2.05) is 6.07 Å². The molecule has 122 valence electrons. The van der Waals surface area contributed by atoms with Crippen molar-refractivity contribution in [3.05, 3.63) is 39.9 Å². The molecule has 7 nitrogen and oxygen atoms in total. The number of nitrogens with one attached hydrogen (secondary N) is 1. The summed E-state index contributed by atoms with van der Waals surface area (Å²) in [6, 6.07) is 6.51. The lowest BCUT2D eigenvalue weighted by atomic mass is 10.1. The maximum atomic E-state index is 10.7. The van der Waals surface area contributed by atoms with Crippen LogP contribution in [0.3, 0.4) is 0 Å². The quantitative estimate of drug-likeness (QED) is 0.571. The Kier molecular flexibility index (Phi) is 5.84. The minimum absolute atomic E-state index is 0.0828. The van der Waals surface area contributed by atoms with Gasteiger partial charge in [-0.15, -0.1) is 0 Å². The molecule has 1 aromatic carbocycles. The third-order valence-electron chi connectivity index (χ3n) is 3.62. The van der Waals surface area contributed by atoms with Gasteiger partial charge in [-0.2, -0.15) is 0 Å². The Balaban J connectivity index is 1.79. The van der Waals surface area contributed by atoms with Gasteiger partial charge in [-0.25, -0.2) is 0 Å². The van der Waals surface area contributed by atoms with E-state index in [0.29, 0.717) is 32.8 Å². The number of aliphatic hydroxyl groups is 1. The molecule has 0 aliphatic carbocycles. The summed E-state index contributed by atoms with van der Waals surface area (Å²) in [5, 5.41) is 24.3. The van der Waals surface area contributed by atoms with E-state index in [-0.39, 0.29) is 5.69 Å². The zero-order chi connectivity index (χ0) is 16.0. The number of morpholine rings is 1. The van der Waals surface area contributed by atoms with E-state index < -0.39 is 10.5 Å². The van der Waals surface area contributed by atoms with Crippen LogP contribution in [0.15, 0.2) is 24.3 Å². The highest BCUT2D eigenvalue weighted by atomic mass is 16.6. The minimum Gasteiger partial charge on any atom is -0.388 e. The molecule has 0 bridgehead atoms. The second-order valence-electron chi connectivity index (χ2n) is 5.92.